The van der Waals surface area contributed by atoms with E-state index in [0.717, 1.165) is 5.56 Å². The molecule has 0 amide bonds. The lowest BCUT2D eigenvalue weighted by atomic mass is 10.2. The predicted molar refractivity (Wildman–Crippen MR) is 82.4 cm³/mol. The van der Waals surface area contributed by atoms with Crippen molar-refractivity contribution in [3.05, 3.63) is 58.2 Å². The van der Waals surface area contributed by atoms with E-state index in [0.29, 0.717) is 6.54 Å². The fourth-order valence-corrected chi connectivity index (χ4v) is 1.85. The van der Waals surface area contributed by atoms with Gasteiger partial charge in [-0.25, -0.2) is 9.59 Å². The molecular formula is C15H16BrNO4. The van der Waals surface area contributed by atoms with Gasteiger partial charge in [0.05, 0.1) is 19.8 Å². The fraction of sp³-hybridized carbons (Fsp3) is 0.200. The van der Waals surface area contributed by atoms with Crippen LogP contribution in [0.2, 0.25) is 0 Å². The normalized spacial score (nSPS) is 11.8. The maximum atomic E-state index is 11.7. The van der Waals surface area contributed by atoms with Crippen LogP contribution in [0, 0.1) is 0 Å². The van der Waals surface area contributed by atoms with E-state index in [1.807, 2.05) is 30.3 Å². The molecule has 6 heteroatoms. The summed E-state index contributed by atoms with van der Waals surface area (Å²) in [6.45, 7) is 0.547. The predicted octanol–water partition coefficient (Wildman–Crippen LogP) is 2.28. The van der Waals surface area contributed by atoms with E-state index in [-0.39, 0.29) is 10.1 Å². The Balaban J connectivity index is 2.80. The van der Waals surface area contributed by atoms with Gasteiger partial charge in [0.2, 0.25) is 0 Å². The van der Waals surface area contributed by atoms with Crippen molar-refractivity contribution in [1.82, 2.24) is 5.32 Å². The van der Waals surface area contributed by atoms with Crippen LogP contribution in [-0.2, 0) is 25.6 Å². The molecule has 0 fully saturated rings. The Morgan fingerprint density at radius 3 is 2.33 bits per heavy atom. The van der Waals surface area contributed by atoms with Crippen LogP contribution in [0.4, 0.5) is 0 Å². The van der Waals surface area contributed by atoms with Crippen LogP contribution in [0.1, 0.15) is 5.56 Å². The highest BCUT2D eigenvalue weighted by Crippen LogP contribution is 2.12. The zero-order chi connectivity index (χ0) is 15.7. The molecule has 0 atom stereocenters. The molecular weight excluding hydrogens is 338 g/mol. The molecule has 0 radical (unpaired) electrons. The summed E-state index contributed by atoms with van der Waals surface area (Å²) >= 11 is 3.05. The van der Waals surface area contributed by atoms with Crippen molar-refractivity contribution >= 4 is 27.9 Å². The second kappa shape index (κ2) is 8.97. The van der Waals surface area contributed by atoms with E-state index in [9.17, 15) is 9.59 Å². The Morgan fingerprint density at radius 1 is 1.14 bits per heavy atom. The molecule has 0 saturated heterocycles. The second-order valence-corrected chi connectivity index (χ2v) is 4.80. The van der Waals surface area contributed by atoms with Crippen LogP contribution in [0.15, 0.2) is 52.7 Å². The molecule has 1 N–H and O–H groups in total. The van der Waals surface area contributed by atoms with Gasteiger partial charge < -0.3 is 14.8 Å². The number of methoxy groups -OCH3 is 2. The number of nitrogens with one attached hydrogen (secondary N) is 1. The highest BCUT2D eigenvalue weighted by Gasteiger charge is 2.12. The van der Waals surface area contributed by atoms with Crippen molar-refractivity contribution in [2.75, 3.05) is 14.2 Å². The minimum atomic E-state index is -0.576. The molecule has 1 aromatic carbocycles. The first kappa shape index (κ1) is 17.0. The molecule has 1 aromatic rings. The molecule has 112 valence electrons. The van der Waals surface area contributed by atoms with E-state index >= 15 is 0 Å². The first-order valence-electron chi connectivity index (χ1n) is 6.09. The molecule has 0 unspecified atom stereocenters. The van der Waals surface area contributed by atoms with E-state index in [4.69, 9.17) is 0 Å². The van der Waals surface area contributed by atoms with Gasteiger partial charge in [-0.05, 0) is 27.6 Å². The number of ether oxygens (including phenoxy) is 2. The summed E-state index contributed by atoms with van der Waals surface area (Å²) in [6, 6.07) is 9.69. The Kier molecular flexibility index (Phi) is 7.25. The Morgan fingerprint density at radius 2 is 1.76 bits per heavy atom. The standard InChI is InChI=1S/C15H16BrNO4/c1-20-14(18)12(8-13(16)15(19)21-2)10-17-9-11-6-4-3-5-7-11/h3-8,10,17H,9H2,1-2H3/b12-10-,13-8?. The number of hydrogen-bond donors (Lipinski definition) is 1. The number of benzene rings is 1. The lowest BCUT2D eigenvalue weighted by Gasteiger charge is -2.05. The number of carbonyl (C=O) groups excluding carboxylic acids is 2. The van der Waals surface area contributed by atoms with Gasteiger partial charge in [-0.15, -0.1) is 0 Å². The maximum Gasteiger partial charge on any atom is 0.344 e. The molecule has 0 spiro atoms. The van der Waals surface area contributed by atoms with Gasteiger partial charge in [-0.2, -0.15) is 0 Å². The van der Waals surface area contributed by atoms with E-state index in [1.165, 1.54) is 26.5 Å². The number of carbonyl (C=O) groups is 2. The zero-order valence-corrected chi connectivity index (χ0v) is 13.3. The van der Waals surface area contributed by atoms with Gasteiger partial charge in [0.15, 0.2) is 0 Å². The highest BCUT2D eigenvalue weighted by atomic mass is 79.9. The number of rotatable bonds is 6. The molecule has 0 aliphatic rings. The zero-order valence-electron chi connectivity index (χ0n) is 11.8. The van der Waals surface area contributed by atoms with Crippen LogP contribution in [0.3, 0.4) is 0 Å². The third kappa shape index (κ3) is 5.83. The third-order valence-corrected chi connectivity index (χ3v) is 3.04. The average molecular weight is 354 g/mol. The fourth-order valence-electron chi connectivity index (χ4n) is 1.45. The maximum absolute atomic E-state index is 11.7. The van der Waals surface area contributed by atoms with Gasteiger partial charge in [-0.1, -0.05) is 30.3 Å². The van der Waals surface area contributed by atoms with Crippen molar-refractivity contribution < 1.29 is 19.1 Å². The van der Waals surface area contributed by atoms with Crippen molar-refractivity contribution in [2.24, 2.45) is 0 Å². The van der Waals surface area contributed by atoms with Crippen LogP contribution < -0.4 is 5.32 Å². The summed E-state index contributed by atoms with van der Waals surface area (Å²) in [5.74, 6) is -1.13. The summed E-state index contributed by atoms with van der Waals surface area (Å²) in [6.07, 6.45) is 2.83. The summed E-state index contributed by atoms with van der Waals surface area (Å²) in [5.41, 5.74) is 1.26. The molecule has 0 heterocycles. The van der Waals surface area contributed by atoms with Gasteiger partial charge in [0.1, 0.15) is 4.48 Å². The summed E-state index contributed by atoms with van der Waals surface area (Å²) in [5, 5.41) is 3.00. The van der Waals surface area contributed by atoms with Crippen LogP contribution in [0.5, 0.6) is 0 Å². The molecule has 21 heavy (non-hydrogen) atoms. The number of esters is 2. The molecule has 0 aromatic heterocycles. The van der Waals surface area contributed by atoms with Crippen LogP contribution >= 0.6 is 15.9 Å². The Labute approximate surface area is 131 Å². The van der Waals surface area contributed by atoms with Gasteiger partial charge in [-0.3, -0.25) is 0 Å². The quantitative estimate of drug-likeness (QED) is 0.482. The lowest BCUT2D eigenvalue weighted by Crippen LogP contribution is -2.11. The molecule has 0 aliphatic carbocycles. The van der Waals surface area contributed by atoms with Gasteiger partial charge in [0, 0.05) is 12.7 Å². The van der Waals surface area contributed by atoms with E-state index < -0.39 is 11.9 Å². The van der Waals surface area contributed by atoms with Crippen molar-refractivity contribution in [3.63, 3.8) is 0 Å². The van der Waals surface area contributed by atoms with Crippen LogP contribution in [0.25, 0.3) is 0 Å². The van der Waals surface area contributed by atoms with E-state index in [2.05, 4.69) is 30.7 Å². The van der Waals surface area contributed by atoms with Crippen molar-refractivity contribution in [2.45, 2.75) is 6.54 Å². The van der Waals surface area contributed by atoms with Gasteiger partial charge in [0.25, 0.3) is 0 Å². The van der Waals surface area contributed by atoms with Crippen LogP contribution in [-0.4, -0.2) is 26.2 Å². The molecule has 0 aliphatic heterocycles. The molecule has 5 nitrogen and oxygen atoms in total. The van der Waals surface area contributed by atoms with Crippen molar-refractivity contribution in [1.29, 1.82) is 0 Å². The van der Waals surface area contributed by atoms with E-state index in [1.54, 1.807) is 0 Å². The lowest BCUT2D eigenvalue weighted by molar-refractivity contribution is -0.135. The number of hydrogen-bond acceptors (Lipinski definition) is 5. The molecule has 1 rings (SSSR count). The summed E-state index contributed by atoms with van der Waals surface area (Å²) in [4.78, 5) is 23.0. The minimum Gasteiger partial charge on any atom is -0.465 e. The van der Waals surface area contributed by atoms with Crippen molar-refractivity contribution in [3.8, 4) is 0 Å². The highest BCUT2D eigenvalue weighted by molar-refractivity contribution is 9.12. The monoisotopic (exact) mass is 353 g/mol. The summed E-state index contributed by atoms with van der Waals surface area (Å²) < 4.78 is 9.34. The molecule has 0 saturated carbocycles. The topological polar surface area (TPSA) is 64.6 Å². The minimum absolute atomic E-state index is 0.128. The SMILES string of the molecule is COC(=O)C(Br)=C/C(=C/NCc1ccccc1)C(=O)OC. The first-order chi connectivity index (χ1) is 10.1. The van der Waals surface area contributed by atoms with Gasteiger partial charge >= 0.3 is 11.9 Å². The first-order valence-corrected chi connectivity index (χ1v) is 6.89. The number of halogens is 1. The largest absolute Gasteiger partial charge is 0.465 e. The third-order valence-electron chi connectivity index (χ3n) is 2.49. The Bertz CT molecular complexity index is 552. The second-order valence-electron chi connectivity index (χ2n) is 3.94. The smallest absolute Gasteiger partial charge is 0.344 e. The Hall–Kier alpha value is -2.08. The average Bonchev–Trinajstić information content (AvgIpc) is 2.53. The summed E-state index contributed by atoms with van der Waals surface area (Å²) in [7, 11) is 2.53. The molecule has 0 bridgehead atoms.